The van der Waals surface area contributed by atoms with E-state index in [-0.39, 0.29) is 12.3 Å². The van der Waals surface area contributed by atoms with E-state index < -0.39 is 5.97 Å². The fourth-order valence-corrected chi connectivity index (χ4v) is 4.45. The molecule has 36 heavy (non-hydrogen) atoms. The molecule has 4 rings (SSSR count). The first-order valence-electron chi connectivity index (χ1n) is 12.5. The highest BCUT2D eigenvalue weighted by atomic mass is 16.4. The number of anilines is 3. The quantitative estimate of drug-likeness (QED) is 0.471. The molecular weight excluding hydrogens is 452 g/mol. The van der Waals surface area contributed by atoms with Gasteiger partial charge in [0, 0.05) is 56.7 Å². The molecule has 0 unspecified atom stereocenters. The molecule has 0 radical (unpaired) electrons. The molecule has 1 N–H and O–H groups in total. The number of carbonyl (C=O) groups is 2. The number of para-hydroxylation sites is 1. The van der Waals surface area contributed by atoms with Crippen LogP contribution in [0.4, 0.5) is 17.2 Å². The summed E-state index contributed by atoms with van der Waals surface area (Å²) in [5.74, 6) is 0.417. The van der Waals surface area contributed by atoms with Crippen molar-refractivity contribution in [2.45, 2.75) is 26.7 Å². The molecule has 7 nitrogen and oxygen atoms in total. The Kier molecular flexibility index (Phi) is 8.21. The van der Waals surface area contributed by atoms with E-state index in [2.05, 4.69) is 40.8 Å². The number of benzene rings is 2. The van der Waals surface area contributed by atoms with Crippen molar-refractivity contribution < 1.29 is 14.7 Å². The standard InChI is InChI=1S/C29H34N4O3/c1-22(2)21-33(26-6-4-3-5-7-26)29(36)24-11-14-27(30-20-24)32-18-16-31(17-19-32)25-12-8-23(9-13-25)10-15-28(34)35/h3-9,11-14,20,22H,10,15-19,21H2,1-2H3,(H,34,35). The van der Waals surface area contributed by atoms with E-state index in [1.54, 1.807) is 6.20 Å². The number of carboxylic acids is 1. The first-order chi connectivity index (χ1) is 17.4. The van der Waals surface area contributed by atoms with Crippen LogP contribution in [0.1, 0.15) is 36.2 Å². The van der Waals surface area contributed by atoms with Crippen LogP contribution in [0.3, 0.4) is 0 Å². The zero-order chi connectivity index (χ0) is 25.5. The molecule has 188 valence electrons. The van der Waals surface area contributed by atoms with E-state index in [0.717, 1.165) is 48.9 Å². The maximum Gasteiger partial charge on any atom is 0.303 e. The van der Waals surface area contributed by atoms with Crippen molar-refractivity contribution in [2.24, 2.45) is 5.92 Å². The van der Waals surface area contributed by atoms with Crippen molar-refractivity contribution in [1.29, 1.82) is 0 Å². The zero-order valence-electron chi connectivity index (χ0n) is 21.0. The molecule has 2 heterocycles. The van der Waals surface area contributed by atoms with Crippen LogP contribution in [0.2, 0.25) is 0 Å². The lowest BCUT2D eigenvalue weighted by Gasteiger charge is -2.36. The molecule has 3 aromatic rings. The summed E-state index contributed by atoms with van der Waals surface area (Å²) in [4.78, 5) is 35.1. The van der Waals surface area contributed by atoms with Gasteiger partial charge in [0.2, 0.25) is 0 Å². The Hall–Kier alpha value is -3.87. The highest BCUT2D eigenvalue weighted by Crippen LogP contribution is 2.22. The van der Waals surface area contributed by atoms with Gasteiger partial charge in [0.1, 0.15) is 5.82 Å². The molecule has 1 aliphatic rings. The molecular formula is C29H34N4O3. The van der Waals surface area contributed by atoms with Crippen LogP contribution < -0.4 is 14.7 Å². The van der Waals surface area contributed by atoms with Gasteiger partial charge >= 0.3 is 5.97 Å². The average Bonchev–Trinajstić information content (AvgIpc) is 2.91. The Morgan fingerprint density at radius 1 is 0.917 bits per heavy atom. The van der Waals surface area contributed by atoms with Gasteiger partial charge in [0.25, 0.3) is 5.91 Å². The number of piperazine rings is 1. The van der Waals surface area contributed by atoms with Gasteiger partial charge in [0.05, 0.1) is 5.56 Å². The number of carbonyl (C=O) groups excluding carboxylic acids is 1. The van der Waals surface area contributed by atoms with Crippen molar-refractivity contribution in [1.82, 2.24) is 4.98 Å². The number of hydrogen-bond acceptors (Lipinski definition) is 5. The maximum atomic E-state index is 13.3. The number of rotatable bonds is 9. The topological polar surface area (TPSA) is 77.0 Å². The summed E-state index contributed by atoms with van der Waals surface area (Å²) in [6, 6.07) is 21.8. The summed E-state index contributed by atoms with van der Waals surface area (Å²) < 4.78 is 0. The van der Waals surface area contributed by atoms with Gasteiger partial charge in [0.15, 0.2) is 0 Å². The second-order valence-corrected chi connectivity index (χ2v) is 9.58. The minimum atomic E-state index is -0.773. The molecule has 0 saturated carbocycles. The fraction of sp³-hybridized carbons (Fsp3) is 0.345. The molecule has 0 atom stereocenters. The summed E-state index contributed by atoms with van der Waals surface area (Å²) in [5.41, 5.74) is 3.67. The number of aryl methyl sites for hydroxylation is 1. The van der Waals surface area contributed by atoms with Gasteiger partial charge in [-0.05, 0) is 54.3 Å². The Morgan fingerprint density at radius 3 is 2.17 bits per heavy atom. The minimum Gasteiger partial charge on any atom is -0.481 e. The number of carboxylic acid groups (broad SMARTS) is 1. The molecule has 0 aliphatic carbocycles. The molecule has 0 bridgehead atoms. The summed E-state index contributed by atoms with van der Waals surface area (Å²) in [5, 5.41) is 8.86. The largest absolute Gasteiger partial charge is 0.481 e. The van der Waals surface area contributed by atoms with Gasteiger partial charge < -0.3 is 19.8 Å². The van der Waals surface area contributed by atoms with E-state index in [0.29, 0.717) is 24.4 Å². The molecule has 1 fully saturated rings. The second-order valence-electron chi connectivity index (χ2n) is 9.58. The second kappa shape index (κ2) is 11.7. The lowest BCUT2D eigenvalue weighted by atomic mass is 10.1. The van der Waals surface area contributed by atoms with Crippen LogP contribution >= 0.6 is 0 Å². The molecule has 7 heteroatoms. The average molecular weight is 487 g/mol. The number of hydrogen-bond donors (Lipinski definition) is 1. The summed E-state index contributed by atoms with van der Waals surface area (Å²) >= 11 is 0. The number of aromatic nitrogens is 1. The van der Waals surface area contributed by atoms with Gasteiger partial charge in [-0.25, -0.2) is 4.98 Å². The van der Waals surface area contributed by atoms with Gasteiger partial charge in [-0.15, -0.1) is 0 Å². The van der Waals surface area contributed by atoms with Crippen LogP contribution in [0, 0.1) is 5.92 Å². The van der Waals surface area contributed by atoms with Gasteiger partial charge in [-0.2, -0.15) is 0 Å². The van der Waals surface area contributed by atoms with Crippen molar-refractivity contribution in [3.8, 4) is 0 Å². The fourth-order valence-electron chi connectivity index (χ4n) is 4.45. The zero-order valence-corrected chi connectivity index (χ0v) is 21.0. The Balaban J connectivity index is 1.36. The van der Waals surface area contributed by atoms with Crippen LogP contribution in [0.25, 0.3) is 0 Å². The molecule has 1 amide bonds. The van der Waals surface area contributed by atoms with Crippen molar-refractivity contribution >= 4 is 29.1 Å². The maximum absolute atomic E-state index is 13.3. The number of pyridine rings is 1. The summed E-state index contributed by atoms with van der Waals surface area (Å²) in [7, 11) is 0. The van der Waals surface area contributed by atoms with Gasteiger partial charge in [-0.1, -0.05) is 44.2 Å². The lowest BCUT2D eigenvalue weighted by molar-refractivity contribution is -0.136. The highest BCUT2D eigenvalue weighted by Gasteiger charge is 2.21. The molecule has 1 aliphatic heterocycles. The van der Waals surface area contributed by atoms with Crippen molar-refractivity contribution in [3.05, 3.63) is 84.1 Å². The van der Waals surface area contributed by atoms with Crippen molar-refractivity contribution in [2.75, 3.05) is 47.4 Å². The Morgan fingerprint density at radius 2 is 1.58 bits per heavy atom. The van der Waals surface area contributed by atoms with Crippen LogP contribution in [-0.2, 0) is 11.2 Å². The summed E-state index contributed by atoms with van der Waals surface area (Å²) in [6.45, 7) is 8.28. The Bertz CT molecular complexity index is 1140. The Labute approximate surface area is 213 Å². The third-order valence-corrected chi connectivity index (χ3v) is 6.39. The molecule has 1 aromatic heterocycles. The first kappa shape index (κ1) is 25.2. The van der Waals surface area contributed by atoms with E-state index >= 15 is 0 Å². The first-order valence-corrected chi connectivity index (χ1v) is 12.5. The molecule has 1 saturated heterocycles. The van der Waals surface area contributed by atoms with Crippen molar-refractivity contribution in [3.63, 3.8) is 0 Å². The number of amides is 1. The third kappa shape index (κ3) is 6.42. The predicted octanol–water partition coefficient (Wildman–Crippen LogP) is 4.73. The van der Waals surface area contributed by atoms with Gasteiger partial charge in [-0.3, -0.25) is 9.59 Å². The van der Waals surface area contributed by atoms with Crippen LogP contribution in [-0.4, -0.2) is 54.7 Å². The molecule has 2 aromatic carbocycles. The normalized spacial score (nSPS) is 13.6. The smallest absolute Gasteiger partial charge is 0.303 e. The van der Waals surface area contributed by atoms with E-state index in [1.807, 2.05) is 59.5 Å². The van der Waals surface area contributed by atoms with Crippen LogP contribution in [0.5, 0.6) is 0 Å². The van der Waals surface area contributed by atoms with E-state index in [4.69, 9.17) is 5.11 Å². The monoisotopic (exact) mass is 486 g/mol. The predicted molar refractivity (Wildman–Crippen MR) is 144 cm³/mol. The summed E-state index contributed by atoms with van der Waals surface area (Å²) in [6.07, 6.45) is 2.39. The van der Waals surface area contributed by atoms with E-state index in [9.17, 15) is 9.59 Å². The molecule has 0 spiro atoms. The highest BCUT2D eigenvalue weighted by molar-refractivity contribution is 6.06. The minimum absolute atomic E-state index is 0.0365. The van der Waals surface area contributed by atoms with E-state index in [1.165, 1.54) is 0 Å². The van der Waals surface area contributed by atoms with Crippen LogP contribution in [0.15, 0.2) is 72.9 Å². The lowest BCUT2D eigenvalue weighted by Crippen LogP contribution is -2.46. The SMILES string of the molecule is CC(C)CN(C(=O)c1ccc(N2CCN(c3ccc(CCC(=O)O)cc3)CC2)nc1)c1ccccc1. The third-order valence-electron chi connectivity index (χ3n) is 6.39. The number of nitrogens with zero attached hydrogens (tertiary/aromatic N) is 4. The number of aliphatic carboxylic acids is 1.